The molecule has 4 aliphatic carbocycles. The number of hydrogen-bond acceptors (Lipinski definition) is 1. The molecule has 1 aromatic heterocycles. The Hall–Kier alpha value is -1.86. The van der Waals surface area contributed by atoms with Crippen molar-refractivity contribution in [2.45, 2.75) is 85.5 Å². The van der Waals surface area contributed by atoms with Crippen molar-refractivity contribution >= 4 is 23.0 Å². The van der Waals surface area contributed by atoms with Crippen LogP contribution in [-0.2, 0) is 19.3 Å². The van der Waals surface area contributed by atoms with Crippen molar-refractivity contribution in [2.24, 2.45) is 23.7 Å². The lowest BCUT2D eigenvalue weighted by Crippen LogP contribution is -2.22. The van der Waals surface area contributed by atoms with Gasteiger partial charge in [-0.15, -0.1) is 17.9 Å². The van der Waals surface area contributed by atoms with E-state index in [0.717, 1.165) is 24.2 Å². The molecule has 2 aromatic rings. The van der Waals surface area contributed by atoms with E-state index in [4.69, 9.17) is 0 Å². The smallest absolute Gasteiger partial charge is 0.00948 e. The molecule has 0 aliphatic heterocycles. The van der Waals surface area contributed by atoms with Gasteiger partial charge < -0.3 is 0 Å². The SMILES string of the molecule is C=C(C)c1c(C)sc2c1CC(C(C)C1=Cc3ccccc3C1)CC2.C=CC1CC1.CCC1CC1. The number of benzene rings is 1. The van der Waals surface area contributed by atoms with Gasteiger partial charge in [0.1, 0.15) is 0 Å². The third kappa shape index (κ3) is 6.22. The Morgan fingerprint density at radius 3 is 2.41 bits per heavy atom. The molecule has 2 unspecified atom stereocenters. The molecule has 0 saturated heterocycles. The Bertz CT molecular complexity index is 1040. The first-order chi connectivity index (χ1) is 16.4. The van der Waals surface area contributed by atoms with Crippen LogP contribution < -0.4 is 0 Å². The maximum atomic E-state index is 4.24. The largest absolute Gasteiger partial charge is 0.145 e. The quantitative estimate of drug-likeness (QED) is 0.380. The van der Waals surface area contributed by atoms with Gasteiger partial charge in [-0.1, -0.05) is 81.7 Å². The van der Waals surface area contributed by atoms with Gasteiger partial charge in [-0.05, 0) is 104 Å². The molecule has 0 bridgehead atoms. The summed E-state index contributed by atoms with van der Waals surface area (Å²) in [4.78, 5) is 3.09. The van der Waals surface area contributed by atoms with E-state index in [1.54, 1.807) is 16.0 Å². The summed E-state index contributed by atoms with van der Waals surface area (Å²) in [6, 6.07) is 8.87. The van der Waals surface area contributed by atoms with Crippen LogP contribution in [0.2, 0.25) is 0 Å². The fourth-order valence-electron chi connectivity index (χ4n) is 5.49. The van der Waals surface area contributed by atoms with Crippen LogP contribution >= 0.6 is 11.3 Å². The molecule has 0 N–H and O–H groups in total. The average molecular weight is 473 g/mol. The van der Waals surface area contributed by atoms with Gasteiger partial charge in [0.25, 0.3) is 0 Å². The summed E-state index contributed by atoms with van der Waals surface area (Å²) >= 11 is 2.01. The molecule has 2 fully saturated rings. The second-order valence-corrected chi connectivity index (χ2v) is 12.3. The van der Waals surface area contributed by atoms with E-state index in [-0.39, 0.29) is 0 Å². The van der Waals surface area contributed by atoms with Gasteiger partial charge in [0.15, 0.2) is 0 Å². The first-order valence-electron chi connectivity index (χ1n) is 13.6. The van der Waals surface area contributed by atoms with Crippen LogP contribution in [0, 0.1) is 30.6 Å². The zero-order valence-electron chi connectivity index (χ0n) is 22.0. The summed E-state index contributed by atoms with van der Waals surface area (Å²) in [6.45, 7) is 17.0. The molecule has 182 valence electrons. The first kappa shape index (κ1) is 25.2. The van der Waals surface area contributed by atoms with Crippen LogP contribution in [0.15, 0.2) is 49.1 Å². The third-order valence-electron chi connectivity index (χ3n) is 8.21. The summed E-state index contributed by atoms with van der Waals surface area (Å²) < 4.78 is 0. The third-order valence-corrected chi connectivity index (χ3v) is 9.42. The maximum absolute atomic E-state index is 4.24. The molecule has 0 spiro atoms. The normalized spacial score (nSPS) is 21.1. The molecular weight excluding hydrogens is 428 g/mol. The van der Waals surface area contributed by atoms with Gasteiger partial charge in [-0.2, -0.15) is 0 Å². The van der Waals surface area contributed by atoms with Crippen molar-refractivity contribution in [3.05, 3.63) is 81.1 Å². The second-order valence-electron chi connectivity index (χ2n) is 11.0. The van der Waals surface area contributed by atoms with Crippen molar-refractivity contribution in [3.8, 4) is 0 Å². The van der Waals surface area contributed by atoms with Gasteiger partial charge in [-0.25, -0.2) is 0 Å². The lowest BCUT2D eigenvalue weighted by molar-refractivity contribution is 0.359. The minimum Gasteiger partial charge on any atom is -0.145 e. The van der Waals surface area contributed by atoms with E-state index < -0.39 is 0 Å². The fraction of sp³-hybridized carbons (Fsp3) is 0.515. The number of fused-ring (bicyclic) bond motifs is 2. The van der Waals surface area contributed by atoms with Crippen LogP contribution in [0.3, 0.4) is 0 Å². The van der Waals surface area contributed by atoms with E-state index in [2.05, 4.69) is 71.2 Å². The molecular formula is C33H44S. The molecule has 1 heterocycles. The Morgan fingerprint density at radius 2 is 1.88 bits per heavy atom. The van der Waals surface area contributed by atoms with Crippen molar-refractivity contribution in [1.29, 1.82) is 0 Å². The number of rotatable bonds is 5. The summed E-state index contributed by atoms with van der Waals surface area (Å²) in [7, 11) is 0. The highest BCUT2D eigenvalue weighted by atomic mass is 32.1. The molecule has 2 atom stereocenters. The second kappa shape index (κ2) is 11.3. The van der Waals surface area contributed by atoms with Crippen molar-refractivity contribution in [2.75, 3.05) is 0 Å². The number of aryl methyl sites for hydroxylation is 2. The highest BCUT2D eigenvalue weighted by molar-refractivity contribution is 7.12. The highest BCUT2D eigenvalue weighted by Crippen LogP contribution is 2.43. The van der Waals surface area contributed by atoms with E-state index >= 15 is 0 Å². The molecule has 4 aliphatic rings. The van der Waals surface area contributed by atoms with Crippen molar-refractivity contribution < 1.29 is 0 Å². The molecule has 2 saturated carbocycles. The molecule has 6 rings (SSSR count). The maximum Gasteiger partial charge on any atom is 0.00948 e. The van der Waals surface area contributed by atoms with Gasteiger partial charge >= 0.3 is 0 Å². The summed E-state index contributed by atoms with van der Waals surface area (Å²) in [5.41, 5.74) is 8.90. The standard InChI is InChI=1S/C23H26S.C5H10.C5H8/c1-14(2)23-16(4)24-22-10-9-17(13-21(22)23)15(3)20-11-18-7-5-6-8-19(18)12-20;2*1-2-5-3-4-5/h5-8,11,15,17H,1,9-10,12-13H2,2-4H3;5H,2-4H2,1H3;2,5H,1,3-4H2. The van der Waals surface area contributed by atoms with Gasteiger partial charge in [0, 0.05) is 9.75 Å². The zero-order chi connectivity index (χ0) is 24.2. The van der Waals surface area contributed by atoms with Crippen LogP contribution in [0.4, 0.5) is 0 Å². The predicted molar refractivity (Wildman–Crippen MR) is 153 cm³/mol. The van der Waals surface area contributed by atoms with Crippen molar-refractivity contribution in [1.82, 2.24) is 0 Å². The molecule has 34 heavy (non-hydrogen) atoms. The molecule has 0 radical (unpaired) electrons. The van der Waals surface area contributed by atoms with Crippen molar-refractivity contribution in [3.63, 3.8) is 0 Å². The Labute approximate surface area is 212 Å². The minimum absolute atomic E-state index is 0.670. The molecule has 0 amide bonds. The lowest BCUT2D eigenvalue weighted by Gasteiger charge is -2.29. The molecule has 1 aromatic carbocycles. The molecule has 0 nitrogen and oxygen atoms in total. The topological polar surface area (TPSA) is 0 Å². The predicted octanol–water partition coefficient (Wildman–Crippen LogP) is 9.86. The molecule has 1 heteroatoms. The van der Waals surface area contributed by atoms with Gasteiger partial charge in [-0.3, -0.25) is 0 Å². The van der Waals surface area contributed by atoms with Crippen LogP contribution in [-0.4, -0.2) is 0 Å². The highest BCUT2D eigenvalue weighted by Gasteiger charge is 2.30. The van der Waals surface area contributed by atoms with E-state index in [9.17, 15) is 0 Å². The number of allylic oxidation sites excluding steroid dienone is 3. The Kier molecular flexibility index (Phi) is 8.35. The minimum atomic E-state index is 0.670. The van der Waals surface area contributed by atoms with E-state index in [1.807, 2.05) is 17.4 Å². The summed E-state index contributed by atoms with van der Waals surface area (Å²) in [5.74, 6) is 3.47. The van der Waals surface area contributed by atoms with Crippen LogP contribution in [0.1, 0.15) is 91.3 Å². The van der Waals surface area contributed by atoms with Crippen LogP contribution in [0.5, 0.6) is 0 Å². The van der Waals surface area contributed by atoms with E-state index in [1.165, 1.54) is 78.5 Å². The Balaban J connectivity index is 0.000000225. The summed E-state index contributed by atoms with van der Waals surface area (Å²) in [5, 5.41) is 0. The number of hydrogen-bond donors (Lipinski definition) is 0. The average Bonchev–Trinajstić information content (AvgIpc) is 3.76. The fourth-order valence-corrected chi connectivity index (χ4v) is 6.79. The number of thiophene rings is 1. The first-order valence-corrected chi connectivity index (χ1v) is 14.4. The lowest BCUT2D eigenvalue weighted by atomic mass is 9.75. The zero-order valence-corrected chi connectivity index (χ0v) is 22.8. The Morgan fingerprint density at radius 1 is 1.15 bits per heavy atom. The van der Waals surface area contributed by atoms with Gasteiger partial charge in [0.05, 0.1) is 0 Å². The van der Waals surface area contributed by atoms with E-state index in [0.29, 0.717) is 5.92 Å². The monoisotopic (exact) mass is 472 g/mol. The van der Waals surface area contributed by atoms with Crippen LogP contribution in [0.25, 0.3) is 11.6 Å². The summed E-state index contributed by atoms with van der Waals surface area (Å²) in [6.07, 6.45) is 16.7. The van der Waals surface area contributed by atoms with Gasteiger partial charge in [0.2, 0.25) is 0 Å².